The number of thiazole rings is 1. The summed E-state index contributed by atoms with van der Waals surface area (Å²) in [5, 5.41) is 5.20. The first kappa shape index (κ1) is 18.0. The minimum atomic E-state index is -0.386. The maximum absolute atomic E-state index is 13.6. The van der Waals surface area contributed by atoms with E-state index in [2.05, 4.69) is 29.0 Å². The molecule has 0 aliphatic carbocycles. The van der Waals surface area contributed by atoms with Crippen LogP contribution in [0.4, 0.5) is 9.52 Å². The number of hydrogen-bond acceptors (Lipinski definition) is 5. The van der Waals surface area contributed by atoms with Crippen LogP contribution in [0.2, 0.25) is 0 Å². The molecule has 2 heterocycles. The van der Waals surface area contributed by atoms with Gasteiger partial charge in [-0.05, 0) is 38.5 Å². The van der Waals surface area contributed by atoms with Crippen molar-refractivity contribution in [1.29, 1.82) is 0 Å². The van der Waals surface area contributed by atoms with Crippen molar-refractivity contribution in [3.05, 3.63) is 46.2 Å². The highest BCUT2D eigenvalue weighted by Crippen LogP contribution is 2.20. The average molecular weight is 363 g/mol. The Labute approximate surface area is 150 Å². The monoisotopic (exact) mass is 363 g/mol. The van der Waals surface area contributed by atoms with E-state index in [-0.39, 0.29) is 29.5 Å². The van der Waals surface area contributed by atoms with Crippen LogP contribution in [0, 0.1) is 12.7 Å². The van der Waals surface area contributed by atoms with E-state index in [1.54, 1.807) is 19.1 Å². The first-order valence-corrected chi connectivity index (χ1v) is 9.18. The Bertz CT molecular complexity index is 755. The smallest absolute Gasteiger partial charge is 0.257 e. The van der Waals surface area contributed by atoms with Crippen LogP contribution in [0.1, 0.15) is 35.5 Å². The molecule has 3 rings (SSSR count). The van der Waals surface area contributed by atoms with Crippen LogP contribution >= 0.6 is 11.3 Å². The van der Waals surface area contributed by atoms with E-state index in [9.17, 15) is 9.18 Å². The summed E-state index contributed by atoms with van der Waals surface area (Å²) in [4.78, 5) is 19.0. The van der Waals surface area contributed by atoms with Crippen LogP contribution in [0.15, 0.2) is 23.6 Å². The lowest BCUT2D eigenvalue weighted by atomic mass is 10.1. The van der Waals surface area contributed by atoms with Gasteiger partial charge in [0.05, 0.1) is 17.9 Å². The molecule has 25 heavy (non-hydrogen) atoms. The minimum Gasteiger partial charge on any atom is -0.373 e. The Morgan fingerprint density at radius 3 is 2.80 bits per heavy atom. The van der Waals surface area contributed by atoms with Crippen LogP contribution in [0.5, 0.6) is 0 Å². The van der Waals surface area contributed by atoms with E-state index in [0.717, 1.165) is 25.3 Å². The van der Waals surface area contributed by atoms with Gasteiger partial charge in [0.25, 0.3) is 5.91 Å². The Morgan fingerprint density at radius 1 is 1.40 bits per heavy atom. The third kappa shape index (κ3) is 4.62. The van der Waals surface area contributed by atoms with E-state index in [1.165, 1.54) is 17.4 Å². The predicted octanol–water partition coefficient (Wildman–Crippen LogP) is 3.45. The molecule has 0 bridgehead atoms. The number of halogens is 1. The number of rotatable bonds is 4. The quantitative estimate of drug-likeness (QED) is 0.904. The fraction of sp³-hybridized carbons (Fsp3) is 0.444. The zero-order valence-corrected chi connectivity index (χ0v) is 15.4. The second-order valence-corrected chi connectivity index (χ2v) is 7.37. The number of carbonyl (C=O) groups is 1. The molecule has 5 nitrogen and oxygen atoms in total. The minimum absolute atomic E-state index is 0.206. The maximum atomic E-state index is 13.6. The summed E-state index contributed by atoms with van der Waals surface area (Å²) in [7, 11) is 0. The third-order valence-electron chi connectivity index (χ3n) is 4.09. The molecular formula is C18H22FN3O2S. The van der Waals surface area contributed by atoms with Gasteiger partial charge in [-0.3, -0.25) is 15.0 Å². The second-order valence-electron chi connectivity index (χ2n) is 6.51. The molecule has 0 radical (unpaired) electrons. The zero-order valence-electron chi connectivity index (χ0n) is 14.6. The summed E-state index contributed by atoms with van der Waals surface area (Å²) in [6.07, 6.45) is 0.413. The number of aromatic nitrogens is 1. The molecule has 1 aromatic carbocycles. The predicted molar refractivity (Wildman–Crippen MR) is 96.5 cm³/mol. The van der Waals surface area contributed by atoms with Crippen molar-refractivity contribution in [1.82, 2.24) is 9.88 Å². The normalized spacial score (nSPS) is 21.3. The molecule has 1 aliphatic heterocycles. The topological polar surface area (TPSA) is 54.5 Å². The highest BCUT2D eigenvalue weighted by molar-refractivity contribution is 7.13. The van der Waals surface area contributed by atoms with Gasteiger partial charge in [0.1, 0.15) is 5.82 Å². The van der Waals surface area contributed by atoms with E-state index in [0.29, 0.717) is 10.7 Å². The number of nitrogens with one attached hydrogen (secondary N) is 1. The van der Waals surface area contributed by atoms with Crippen LogP contribution in [-0.4, -0.2) is 41.1 Å². The number of hydrogen-bond donors (Lipinski definition) is 1. The van der Waals surface area contributed by atoms with Crippen molar-refractivity contribution in [3.8, 4) is 0 Å². The fourth-order valence-electron chi connectivity index (χ4n) is 2.98. The summed E-state index contributed by atoms with van der Waals surface area (Å²) in [5.74, 6) is -0.739. The molecule has 0 spiro atoms. The highest BCUT2D eigenvalue weighted by Gasteiger charge is 2.22. The SMILES string of the molecule is Cc1ccc(C(=O)Nc2nc(CN3C[C@@H](C)O[C@H](C)C3)cs2)cc1F. The fourth-order valence-corrected chi connectivity index (χ4v) is 3.68. The first-order valence-electron chi connectivity index (χ1n) is 8.30. The molecule has 7 heteroatoms. The number of nitrogens with zero attached hydrogens (tertiary/aromatic N) is 2. The average Bonchev–Trinajstić information content (AvgIpc) is 2.95. The van der Waals surface area contributed by atoms with Gasteiger partial charge in [-0.15, -0.1) is 11.3 Å². The molecule has 1 fully saturated rings. The van der Waals surface area contributed by atoms with Crippen molar-refractivity contribution >= 4 is 22.4 Å². The molecule has 134 valence electrons. The molecule has 1 N–H and O–H groups in total. The van der Waals surface area contributed by atoms with Crippen LogP contribution in [-0.2, 0) is 11.3 Å². The standard InChI is InChI=1S/C18H22FN3O2S/c1-11-4-5-14(6-16(11)19)17(23)21-18-20-15(10-25-18)9-22-7-12(2)24-13(3)8-22/h4-6,10,12-13H,7-9H2,1-3H3,(H,20,21,23)/t12-,13-/m1/s1. The lowest BCUT2D eigenvalue weighted by Gasteiger charge is -2.34. The number of carbonyl (C=O) groups excluding carboxylic acids is 1. The van der Waals surface area contributed by atoms with Crippen molar-refractivity contribution in [2.75, 3.05) is 18.4 Å². The lowest BCUT2D eigenvalue weighted by Crippen LogP contribution is -2.44. The summed E-state index contributed by atoms with van der Waals surface area (Å²) < 4.78 is 19.3. The van der Waals surface area contributed by atoms with Gasteiger partial charge in [0.15, 0.2) is 5.13 Å². The molecule has 1 saturated heterocycles. The van der Waals surface area contributed by atoms with Gasteiger partial charge in [-0.2, -0.15) is 0 Å². The highest BCUT2D eigenvalue weighted by atomic mass is 32.1. The Balaban J connectivity index is 1.61. The molecule has 1 amide bonds. The van der Waals surface area contributed by atoms with E-state index in [1.807, 2.05) is 5.38 Å². The van der Waals surface area contributed by atoms with Gasteiger partial charge in [0, 0.05) is 30.6 Å². The van der Waals surface area contributed by atoms with Gasteiger partial charge in [-0.1, -0.05) is 6.07 Å². The molecule has 1 aliphatic rings. The van der Waals surface area contributed by atoms with Gasteiger partial charge in [0.2, 0.25) is 0 Å². The maximum Gasteiger partial charge on any atom is 0.257 e. The van der Waals surface area contributed by atoms with Crippen molar-refractivity contribution in [2.24, 2.45) is 0 Å². The van der Waals surface area contributed by atoms with E-state index < -0.39 is 0 Å². The molecule has 0 unspecified atom stereocenters. The summed E-state index contributed by atoms with van der Waals surface area (Å²) >= 11 is 1.38. The largest absolute Gasteiger partial charge is 0.373 e. The Kier molecular flexibility index (Phi) is 5.46. The van der Waals surface area contributed by atoms with Crippen LogP contribution < -0.4 is 5.32 Å². The number of anilines is 1. The van der Waals surface area contributed by atoms with E-state index >= 15 is 0 Å². The van der Waals surface area contributed by atoms with E-state index in [4.69, 9.17) is 4.74 Å². The van der Waals surface area contributed by atoms with Crippen LogP contribution in [0.25, 0.3) is 0 Å². The molecule has 2 aromatic rings. The third-order valence-corrected chi connectivity index (χ3v) is 4.89. The number of aryl methyl sites for hydroxylation is 1. The van der Waals surface area contributed by atoms with Crippen molar-refractivity contribution < 1.29 is 13.9 Å². The number of ether oxygens (including phenoxy) is 1. The second kappa shape index (κ2) is 7.59. The number of morpholine rings is 1. The van der Waals surface area contributed by atoms with Crippen molar-refractivity contribution in [3.63, 3.8) is 0 Å². The van der Waals surface area contributed by atoms with Gasteiger partial charge in [-0.25, -0.2) is 9.37 Å². The van der Waals surface area contributed by atoms with Crippen LogP contribution in [0.3, 0.4) is 0 Å². The lowest BCUT2D eigenvalue weighted by molar-refractivity contribution is -0.0707. The Hall–Kier alpha value is -1.83. The summed E-state index contributed by atoms with van der Waals surface area (Å²) in [6, 6.07) is 4.45. The summed E-state index contributed by atoms with van der Waals surface area (Å²) in [6.45, 7) is 8.26. The van der Waals surface area contributed by atoms with Gasteiger partial charge >= 0.3 is 0 Å². The number of amides is 1. The number of benzene rings is 1. The Morgan fingerprint density at radius 2 is 2.12 bits per heavy atom. The molecule has 0 saturated carbocycles. The first-order chi connectivity index (χ1) is 11.9. The summed E-state index contributed by atoms with van der Waals surface area (Å²) in [5.41, 5.74) is 1.72. The van der Waals surface area contributed by atoms with Gasteiger partial charge < -0.3 is 4.74 Å². The molecule has 2 atom stereocenters. The molecule has 1 aromatic heterocycles. The van der Waals surface area contributed by atoms with Crippen molar-refractivity contribution in [2.45, 2.75) is 39.5 Å². The molecular weight excluding hydrogens is 341 g/mol. The zero-order chi connectivity index (χ0) is 18.0.